The largest absolute Gasteiger partial charge is 0.507 e. The number of hydrogen-bond donors (Lipinski definition) is 2. The number of benzene rings is 1. The highest BCUT2D eigenvalue weighted by Crippen LogP contribution is 2.49. The van der Waals surface area contributed by atoms with Crippen LogP contribution in [-0.4, -0.2) is 10.0 Å². The lowest BCUT2D eigenvalue weighted by Gasteiger charge is -2.18. The average Bonchev–Trinajstić information content (AvgIpc) is 3.59. The van der Waals surface area contributed by atoms with Crippen LogP contribution in [0.5, 0.6) is 5.75 Å². The molecule has 0 amide bonds. The van der Waals surface area contributed by atoms with Gasteiger partial charge in [-0.15, -0.1) is 11.3 Å². The molecular weight excluding hydrogens is 488 g/mol. The van der Waals surface area contributed by atoms with Gasteiger partial charge < -0.3 is 14.8 Å². The van der Waals surface area contributed by atoms with Gasteiger partial charge in [0.05, 0.1) is 16.2 Å². The van der Waals surface area contributed by atoms with Crippen molar-refractivity contribution in [2.45, 2.75) is 64.8 Å². The summed E-state index contributed by atoms with van der Waals surface area (Å²) in [5, 5.41) is 25.2. The molecule has 3 aromatic rings. The molecular formula is C29H34N2O5S. The Kier molecular flexibility index (Phi) is 8.48. The average molecular weight is 523 g/mol. The summed E-state index contributed by atoms with van der Waals surface area (Å²) in [6.07, 6.45) is 4.51. The highest BCUT2D eigenvalue weighted by Gasteiger charge is 2.38. The third kappa shape index (κ3) is 6.68. The van der Waals surface area contributed by atoms with Crippen molar-refractivity contribution in [3.8, 4) is 5.75 Å². The first-order chi connectivity index (χ1) is 17.8. The van der Waals surface area contributed by atoms with E-state index in [1.165, 1.54) is 0 Å². The van der Waals surface area contributed by atoms with Crippen molar-refractivity contribution < 1.29 is 14.4 Å². The predicted octanol–water partition coefficient (Wildman–Crippen LogP) is 6.55. The van der Waals surface area contributed by atoms with Crippen LogP contribution in [0.25, 0.3) is 0 Å². The van der Waals surface area contributed by atoms with Gasteiger partial charge in [0.1, 0.15) is 11.5 Å². The summed E-state index contributed by atoms with van der Waals surface area (Å²) >= 11 is 1.56. The van der Waals surface area contributed by atoms with Crippen molar-refractivity contribution in [3.05, 3.63) is 108 Å². The molecule has 2 heterocycles. The second-order valence-electron chi connectivity index (χ2n) is 10.0. The van der Waals surface area contributed by atoms with E-state index < -0.39 is 10.5 Å². The fourth-order valence-corrected chi connectivity index (χ4v) is 5.90. The Morgan fingerprint density at radius 2 is 1.97 bits per heavy atom. The number of nitro groups is 1. The van der Waals surface area contributed by atoms with Crippen LogP contribution in [0.1, 0.15) is 78.5 Å². The van der Waals surface area contributed by atoms with E-state index in [-0.39, 0.29) is 29.4 Å². The van der Waals surface area contributed by atoms with Crippen molar-refractivity contribution in [1.82, 2.24) is 5.32 Å². The molecule has 0 saturated heterocycles. The summed E-state index contributed by atoms with van der Waals surface area (Å²) < 4.78 is 5.85. The Hall–Kier alpha value is -3.39. The maximum Gasteiger partial charge on any atom is 0.343 e. The monoisotopic (exact) mass is 522 g/mol. The van der Waals surface area contributed by atoms with E-state index >= 15 is 0 Å². The first kappa shape index (κ1) is 26.7. The first-order valence-electron chi connectivity index (χ1n) is 12.8. The van der Waals surface area contributed by atoms with E-state index in [2.05, 4.69) is 24.4 Å². The van der Waals surface area contributed by atoms with Crippen LogP contribution in [0, 0.1) is 22.0 Å². The number of allylic oxidation sites excluding steroid dienone is 1. The van der Waals surface area contributed by atoms with Gasteiger partial charge in [0, 0.05) is 34.2 Å². The Balaban J connectivity index is 1.57. The number of hydrogen-bond acceptors (Lipinski definition) is 7. The summed E-state index contributed by atoms with van der Waals surface area (Å²) in [6.45, 7) is 6.31. The van der Waals surface area contributed by atoms with Crippen molar-refractivity contribution >= 4 is 11.3 Å². The second kappa shape index (κ2) is 11.8. The maximum absolute atomic E-state index is 13.3. The van der Waals surface area contributed by atoms with Gasteiger partial charge in [0.2, 0.25) is 0 Å². The van der Waals surface area contributed by atoms with Crippen LogP contribution < -0.4 is 10.9 Å². The molecule has 2 unspecified atom stereocenters. The van der Waals surface area contributed by atoms with Crippen LogP contribution >= 0.6 is 11.3 Å². The topological polar surface area (TPSA) is 106 Å². The number of nitrogens with one attached hydrogen (secondary N) is 1. The molecule has 2 atom stereocenters. The number of thiophene rings is 1. The van der Waals surface area contributed by atoms with Gasteiger partial charge >= 0.3 is 5.63 Å². The fraction of sp³-hybridized carbons (Fsp3) is 0.414. The van der Waals surface area contributed by atoms with E-state index in [0.717, 1.165) is 47.2 Å². The van der Waals surface area contributed by atoms with Gasteiger partial charge in [0.15, 0.2) is 0 Å². The third-order valence-electron chi connectivity index (χ3n) is 6.93. The smallest absolute Gasteiger partial charge is 0.343 e. The van der Waals surface area contributed by atoms with Crippen molar-refractivity contribution in [2.75, 3.05) is 0 Å². The Bertz CT molecular complexity index is 1310. The molecule has 0 radical (unpaired) electrons. The zero-order valence-electron chi connectivity index (χ0n) is 21.5. The molecule has 2 aromatic heterocycles. The molecule has 8 heteroatoms. The minimum absolute atomic E-state index is 0.00116. The van der Waals surface area contributed by atoms with Crippen molar-refractivity contribution in [1.29, 1.82) is 0 Å². The van der Waals surface area contributed by atoms with Gasteiger partial charge in [-0.25, -0.2) is 4.79 Å². The van der Waals surface area contributed by atoms with Gasteiger partial charge in [-0.05, 0) is 55.2 Å². The summed E-state index contributed by atoms with van der Waals surface area (Å²) in [5.41, 5.74) is 1.58. The second-order valence-corrected chi connectivity index (χ2v) is 11.2. The van der Waals surface area contributed by atoms with Crippen LogP contribution in [0.4, 0.5) is 0 Å². The lowest BCUT2D eigenvalue weighted by atomic mass is 9.90. The number of rotatable bonds is 12. The molecule has 1 aliphatic rings. The van der Waals surface area contributed by atoms with E-state index in [9.17, 15) is 20.0 Å². The molecule has 37 heavy (non-hydrogen) atoms. The minimum Gasteiger partial charge on any atom is -0.507 e. The van der Waals surface area contributed by atoms with E-state index in [0.29, 0.717) is 23.6 Å². The van der Waals surface area contributed by atoms with Crippen molar-refractivity contribution in [3.63, 3.8) is 0 Å². The fourth-order valence-electron chi connectivity index (χ4n) is 4.74. The van der Waals surface area contributed by atoms with Crippen LogP contribution in [0.2, 0.25) is 0 Å². The van der Waals surface area contributed by atoms with Gasteiger partial charge in [-0.3, -0.25) is 10.1 Å². The molecule has 0 spiro atoms. The van der Waals surface area contributed by atoms with E-state index in [1.54, 1.807) is 17.4 Å². The summed E-state index contributed by atoms with van der Waals surface area (Å²) in [4.78, 5) is 25.8. The molecule has 1 aromatic carbocycles. The molecule has 1 saturated carbocycles. The van der Waals surface area contributed by atoms with Crippen LogP contribution in [0.15, 0.2) is 69.6 Å². The van der Waals surface area contributed by atoms with Gasteiger partial charge in [-0.1, -0.05) is 51.1 Å². The Labute approximate surface area is 221 Å². The van der Waals surface area contributed by atoms with E-state index in [1.807, 2.05) is 44.2 Å². The highest BCUT2D eigenvalue weighted by molar-refractivity contribution is 7.12. The lowest BCUT2D eigenvalue weighted by Crippen LogP contribution is -2.18. The summed E-state index contributed by atoms with van der Waals surface area (Å²) in [5.74, 6) is 0.568. The molecule has 1 aliphatic carbocycles. The highest BCUT2D eigenvalue weighted by atomic mass is 32.1. The molecule has 2 N–H and O–H groups in total. The van der Waals surface area contributed by atoms with Crippen molar-refractivity contribution in [2.24, 2.45) is 11.8 Å². The quantitative estimate of drug-likeness (QED) is 0.206. The third-order valence-corrected chi connectivity index (χ3v) is 8.10. The first-order valence-corrected chi connectivity index (χ1v) is 13.7. The number of aromatic hydroxyl groups is 1. The minimum atomic E-state index is -0.470. The lowest BCUT2D eigenvalue weighted by molar-refractivity contribution is -0.404. The normalized spacial score (nSPS) is 15.5. The SMILES string of the molecule is CCC(Cc1ccccc1)c1cc(O)c(C(c2ccc(CNC(=C[N+](=O)[O-])C(C)C)s2)C2CC2)c(=O)o1. The molecule has 1 fully saturated rings. The van der Waals surface area contributed by atoms with Gasteiger partial charge in [0.25, 0.3) is 6.20 Å². The maximum atomic E-state index is 13.3. The zero-order chi connectivity index (χ0) is 26.5. The molecule has 7 nitrogen and oxygen atoms in total. The molecule has 196 valence electrons. The van der Waals surface area contributed by atoms with Crippen LogP contribution in [-0.2, 0) is 13.0 Å². The molecule has 0 bridgehead atoms. The zero-order valence-corrected chi connectivity index (χ0v) is 22.3. The summed E-state index contributed by atoms with van der Waals surface area (Å²) in [7, 11) is 0. The van der Waals surface area contributed by atoms with Gasteiger partial charge in [-0.2, -0.15) is 0 Å². The summed E-state index contributed by atoms with van der Waals surface area (Å²) in [6, 6.07) is 15.7. The van der Waals surface area contributed by atoms with Crippen LogP contribution in [0.3, 0.4) is 0 Å². The molecule has 4 rings (SSSR count). The molecule has 0 aliphatic heterocycles. The number of nitrogens with zero attached hydrogens (tertiary/aromatic N) is 1. The van der Waals surface area contributed by atoms with E-state index in [4.69, 9.17) is 4.42 Å². The standard InChI is InChI=1S/C29H34N2O5S/c1-4-20(14-19-8-6-5-7-9-19)25-15-24(32)28(29(33)36-25)27(21-10-11-21)26-13-12-22(37-26)16-30-23(18(2)3)17-31(34)35/h5-9,12-13,15,17-18,20-21,27,30,32H,4,10-11,14,16H2,1-3H3. The predicted molar refractivity (Wildman–Crippen MR) is 145 cm³/mol. The Morgan fingerprint density at radius 3 is 2.57 bits per heavy atom. The Morgan fingerprint density at radius 1 is 1.24 bits per heavy atom.